The van der Waals surface area contributed by atoms with Gasteiger partial charge in [-0.3, -0.25) is 9.35 Å². The number of ether oxygens (including phenoxy) is 2. The molecule has 1 fully saturated rings. The van der Waals surface area contributed by atoms with Crippen molar-refractivity contribution in [3.8, 4) is 0 Å². The average Bonchev–Trinajstić information content (AvgIpc) is 3.25. The molecule has 1 aliphatic rings. The lowest BCUT2D eigenvalue weighted by atomic mass is 9.99. The Morgan fingerprint density at radius 3 is 1.52 bits per heavy atom. The van der Waals surface area contributed by atoms with E-state index in [4.69, 9.17) is 9.47 Å². The molecule has 0 bridgehead atoms. The number of rotatable bonds is 41. The van der Waals surface area contributed by atoms with E-state index >= 15 is 0 Å². The van der Waals surface area contributed by atoms with Gasteiger partial charge >= 0.3 is 10.4 Å². The maximum Gasteiger partial charge on any atom is 0.397 e. The van der Waals surface area contributed by atoms with Crippen LogP contribution in [0.4, 0.5) is 0 Å². The van der Waals surface area contributed by atoms with Crippen LogP contribution in [0.5, 0.6) is 0 Å². The van der Waals surface area contributed by atoms with Gasteiger partial charge in [0.05, 0.1) is 25.4 Å². The Labute approximate surface area is 381 Å². The normalized spacial score (nSPS) is 21.3. The van der Waals surface area contributed by atoms with Gasteiger partial charge in [-0.1, -0.05) is 172 Å². The predicted octanol–water partition coefficient (Wildman–Crippen LogP) is 9.02. The minimum atomic E-state index is -5.13. The molecule has 0 spiro atoms. The molecule has 7 N–H and O–H groups in total. The van der Waals surface area contributed by atoms with E-state index in [1.54, 1.807) is 6.08 Å². The number of allylic oxidation sites excluding steroid dienone is 7. The van der Waals surface area contributed by atoms with Crippen LogP contribution in [0.2, 0.25) is 0 Å². The number of nitrogens with one attached hydrogen (secondary N) is 1. The lowest BCUT2D eigenvalue weighted by molar-refractivity contribution is -0.298. The summed E-state index contributed by atoms with van der Waals surface area (Å²) in [5, 5.41) is 55.2. The van der Waals surface area contributed by atoms with E-state index in [1.807, 2.05) is 0 Å². The van der Waals surface area contributed by atoms with Gasteiger partial charge in [-0.2, -0.15) is 8.42 Å². The highest BCUT2D eigenvalue weighted by Crippen LogP contribution is 2.26. The molecule has 0 aliphatic carbocycles. The molecule has 0 radical (unpaired) electrons. The summed E-state index contributed by atoms with van der Waals surface area (Å²) in [6.07, 6.45) is 36.2. The Kier molecular flexibility index (Phi) is 36.7. The van der Waals surface area contributed by atoms with E-state index in [0.717, 1.165) is 57.8 Å². The van der Waals surface area contributed by atoms with Crippen molar-refractivity contribution in [1.29, 1.82) is 0 Å². The third-order valence-corrected chi connectivity index (χ3v) is 11.9. The van der Waals surface area contributed by atoms with E-state index in [-0.39, 0.29) is 6.42 Å². The van der Waals surface area contributed by atoms with E-state index in [1.165, 1.54) is 109 Å². The summed E-state index contributed by atoms with van der Waals surface area (Å²) < 4.78 is 47.5. The maximum atomic E-state index is 13.1. The predicted molar refractivity (Wildman–Crippen MR) is 251 cm³/mol. The van der Waals surface area contributed by atoms with Gasteiger partial charge in [0.1, 0.15) is 30.5 Å². The van der Waals surface area contributed by atoms with Crippen LogP contribution in [0.1, 0.15) is 194 Å². The summed E-state index contributed by atoms with van der Waals surface area (Å²) in [4.78, 5) is 13.1. The van der Waals surface area contributed by atoms with Crippen LogP contribution in [-0.4, -0.2) is 107 Å². The summed E-state index contributed by atoms with van der Waals surface area (Å²) in [7, 11) is -5.13. The van der Waals surface area contributed by atoms with Crippen LogP contribution in [-0.2, 0) is 28.9 Å². The number of carbonyl (C=O) groups excluding carboxylic acids is 1. The van der Waals surface area contributed by atoms with Crippen molar-refractivity contribution in [3.63, 3.8) is 0 Å². The molecule has 1 aliphatic heterocycles. The van der Waals surface area contributed by atoms with Crippen LogP contribution in [0.25, 0.3) is 0 Å². The maximum absolute atomic E-state index is 13.1. The molecule has 8 unspecified atom stereocenters. The second-order valence-electron chi connectivity index (χ2n) is 17.2. The zero-order chi connectivity index (χ0) is 46.4. The van der Waals surface area contributed by atoms with Crippen LogP contribution >= 0.6 is 0 Å². The Hall–Kier alpha value is -1.98. The van der Waals surface area contributed by atoms with Gasteiger partial charge in [-0.15, -0.1) is 0 Å². The quantitative estimate of drug-likeness (QED) is 0.0174. The molecule has 8 atom stereocenters. The van der Waals surface area contributed by atoms with E-state index in [2.05, 4.69) is 59.8 Å². The highest BCUT2D eigenvalue weighted by atomic mass is 32.3. The third-order valence-electron chi connectivity index (χ3n) is 11.4. The van der Waals surface area contributed by atoms with Crippen LogP contribution in [0, 0.1) is 0 Å². The molecule has 14 heteroatoms. The van der Waals surface area contributed by atoms with Gasteiger partial charge < -0.3 is 40.3 Å². The summed E-state index contributed by atoms with van der Waals surface area (Å²) in [6.45, 7) is 3.18. The highest BCUT2D eigenvalue weighted by Gasteiger charge is 2.48. The first-order valence-electron chi connectivity index (χ1n) is 24.6. The Balaban J connectivity index is 2.60. The fraction of sp³-hybridized carbons (Fsp3) is 0.816. The van der Waals surface area contributed by atoms with Gasteiger partial charge in [0.2, 0.25) is 5.91 Å². The number of unbranched alkanes of at least 4 members (excludes halogenated alkanes) is 22. The largest absolute Gasteiger partial charge is 0.397 e. The molecule has 63 heavy (non-hydrogen) atoms. The molecular weight excluding hydrogens is 827 g/mol. The lowest BCUT2D eigenvalue weighted by Gasteiger charge is -2.41. The summed E-state index contributed by atoms with van der Waals surface area (Å²) in [6, 6.07) is -1.15. The Morgan fingerprint density at radius 1 is 0.635 bits per heavy atom. The molecule has 0 aromatic carbocycles. The number of hydrogen-bond donors (Lipinski definition) is 7. The standard InChI is InChI=1S/C49H89NO12S/c1-3-5-7-9-11-13-15-17-19-21-23-25-27-29-31-33-35-37-42(52)41(40-60-49-46(55)47(62-63(57,58)59)45(54)44(39-51)61-49)50-48(56)43(53)38-36-34-32-30-28-26-24-22-20-18-16-14-12-10-8-6-4-2/h19,21,24,26-27,29,35,37,41-47,49,51-55H,3-18,20,22-23,25,28,30-34,36,38-40H2,1-2H3,(H,50,56)(H,57,58,59)/b21-19+,26-24-,29-27+,37-35+. The van der Waals surface area contributed by atoms with Crippen LogP contribution < -0.4 is 5.32 Å². The number of aliphatic hydroxyl groups excluding tert-OH is 5. The topological polar surface area (TPSA) is 212 Å². The Morgan fingerprint density at radius 2 is 1.06 bits per heavy atom. The number of hydrogen-bond acceptors (Lipinski definition) is 11. The zero-order valence-corrected chi connectivity index (χ0v) is 39.8. The molecule has 1 saturated heterocycles. The number of aliphatic hydroxyl groups is 5. The van der Waals surface area contributed by atoms with Gasteiger partial charge in [0.15, 0.2) is 6.29 Å². The molecule has 368 valence electrons. The second kappa shape index (κ2) is 39.2. The molecule has 13 nitrogen and oxygen atoms in total. The van der Waals surface area contributed by atoms with Crippen molar-refractivity contribution in [2.24, 2.45) is 0 Å². The monoisotopic (exact) mass is 916 g/mol. The molecule has 0 aromatic heterocycles. The molecule has 1 rings (SSSR count). The fourth-order valence-corrected chi connectivity index (χ4v) is 7.99. The van der Waals surface area contributed by atoms with Crippen molar-refractivity contribution < 1.29 is 57.0 Å². The lowest BCUT2D eigenvalue weighted by Crippen LogP contribution is -2.61. The van der Waals surface area contributed by atoms with Crippen LogP contribution in [0.15, 0.2) is 48.6 Å². The van der Waals surface area contributed by atoms with Gasteiger partial charge in [0.25, 0.3) is 0 Å². The smallest absolute Gasteiger partial charge is 0.394 e. The second-order valence-corrected chi connectivity index (χ2v) is 18.2. The van der Waals surface area contributed by atoms with Crippen molar-refractivity contribution in [3.05, 3.63) is 48.6 Å². The average molecular weight is 916 g/mol. The summed E-state index contributed by atoms with van der Waals surface area (Å²) >= 11 is 0. The SMILES string of the molecule is CCCCCCCCC/C=C/CC/C=C/CC/C=C/C(O)C(COC1OC(CO)C(O)C(OS(=O)(=O)O)C1O)NC(=O)C(O)CCCCCC/C=C\CCCCCCCCCCC. The summed E-state index contributed by atoms with van der Waals surface area (Å²) in [5.41, 5.74) is 0. The highest BCUT2D eigenvalue weighted by molar-refractivity contribution is 7.80. The van der Waals surface area contributed by atoms with Crippen molar-refractivity contribution in [2.45, 2.75) is 243 Å². The fourth-order valence-electron chi connectivity index (χ4n) is 7.49. The molecule has 1 amide bonds. The third kappa shape index (κ3) is 31.6. The Bertz CT molecular complexity index is 1330. The van der Waals surface area contributed by atoms with Gasteiger partial charge in [0, 0.05) is 0 Å². The first-order chi connectivity index (χ1) is 30.4. The number of carbonyl (C=O) groups is 1. The minimum absolute atomic E-state index is 0.219. The minimum Gasteiger partial charge on any atom is -0.394 e. The van der Waals surface area contributed by atoms with Crippen molar-refractivity contribution >= 4 is 16.3 Å². The van der Waals surface area contributed by atoms with Gasteiger partial charge in [-0.25, -0.2) is 4.18 Å². The van der Waals surface area contributed by atoms with Crippen molar-refractivity contribution in [2.75, 3.05) is 13.2 Å². The van der Waals surface area contributed by atoms with Crippen LogP contribution in [0.3, 0.4) is 0 Å². The summed E-state index contributed by atoms with van der Waals surface area (Å²) in [5.74, 6) is -0.726. The van der Waals surface area contributed by atoms with E-state index in [9.17, 15) is 43.3 Å². The number of amides is 1. The molecule has 0 aromatic rings. The molecular formula is C49H89NO12S. The van der Waals surface area contributed by atoms with Gasteiger partial charge in [-0.05, 0) is 70.6 Å². The van der Waals surface area contributed by atoms with Crippen molar-refractivity contribution in [1.82, 2.24) is 5.32 Å². The van der Waals surface area contributed by atoms with E-state index in [0.29, 0.717) is 12.8 Å². The first-order valence-corrected chi connectivity index (χ1v) is 26.0. The zero-order valence-electron chi connectivity index (χ0n) is 39.0. The molecule has 1 heterocycles. The molecule has 0 saturated carbocycles. The first kappa shape index (κ1) is 59.0. The van der Waals surface area contributed by atoms with E-state index < -0.39 is 78.5 Å².